The fourth-order valence-corrected chi connectivity index (χ4v) is 9.24. The minimum Gasteiger partial charge on any atom is -0.383 e. The predicted octanol–water partition coefficient (Wildman–Crippen LogP) is 14.6. The van der Waals surface area contributed by atoms with Gasteiger partial charge >= 0.3 is 0 Å². The maximum absolute atomic E-state index is 6.76. The number of benzene rings is 10. The van der Waals surface area contributed by atoms with E-state index < -0.39 is 0 Å². The smallest absolute Gasteiger partial charge is 0.131 e. The van der Waals surface area contributed by atoms with E-state index in [1.807, 2.05) is 30.3 Å². The van der Waals surface area contributed by atoms with Crippen molar-refractivity contribution >= 4 is 65.7 Å². The SMILES string of the molecule is NC(=N/C(=C\Cc1cccc(-n2c3ccccc3c3ccccc32)c1)c1ccc(-c2c3ccccc3c(-c3ccccc3)c3ccc4ccccc4c23)cc1)c1ccccc1. The van der Waals surface area contributed by atoms with Crippen molar-refractivity contribution in [3.8, 4) is 27.9 Å². The Hall–Kier alpha value is -8.01. The standard InChI is InChI=1S/C58H41N3/c59-58(44-20-5-2-6-21-44)60-52(37-30-39-16-15-22-45(38-39)61-53-28-13-11-24-47(53)48-25-12-14-29-54(48)61)41-31-33-43(34-32-41)56-50-27-10-9-26-49(50)55(42-18-3-1-4-19-42)51-36-35-40-17-7-8-23-46(40)57(51)56/h1-29,31-38H,30H2,(H2,59,60)/b52-37-. The molecular weight excluding hydrogens is 739 g/mol. The Morgan fingerprint density at radius 3 is 1.72 bits per heavy atom. The first-order chi connectivity index (χ1) is 30.2. The second-order valence-electron chi connectivity index (χ2n) is 15.6. The lowest BCUT2D eigenvalue weighted by atomic mass is 9.84. The van der Waals surface area contributed by atoms with E-state index in [1.54, 1.807) is 0 Å². The van der Waals surface area contributed by atoms with Crippen LogP contribution in [-0.4, -0.2) is 10.4 Å². The van der Waals surface area contributed by atoms with Gasteiger partial charge in [-0.3, -0.25) is 0 Å². The van der Waals surface area contributed by atoms with Gasteiger partial charge in [0.1, 0.15) is 5.84 Å². The molecule has 0 aliphatic carbocycles. The van der Waals surface area contributed by atoms with Crippen molar-refractivity contribution in [1.82, 2.24) is 4.57 Å². The van der Waals surface area contributed by atoms with Gasteiger partial charge in [-0.2, -0.15) is 0 Å². The number of hydrogen-bond donors (Lipinski definition) is 1. The molecule has 0 bridgehead atoms. The minimum atomic E-state index is 0.481. The summed E-state index contributed by atoms with van der Waals surface area (Å²) in [5, 5.41) is 9.93. The van der Waals surface area contributed by atoms with Crippen LogP contribution in [0.15, 0.2) is 229 Å². The zero-order chi connectivity index (χ0) is 40.7. The first-order valence-corrected chi connectivity index (χ1v) is 20.9. The number of aromatic nitrogens is 1. The Morgan fingerprint density at radius 1 is 0.443 bits per heavy atom. The fourth-order valence-electron chi connectivity index (χ4n) is 9.24. The molecule has 3 heteroatoms. The maximum atomic E-state index is 6.76. The van der Waals surface area contributed by atoms with Gasteiger partial charge in [0.25, 0.3) is 0 Å². The van der Waals surface area contributed by atoms with E-state index in [0.29, 0.717) is 12.3 Å². The number of allylic oxidation sites excluding steroid dienone is 1. The van der Waals surface area contributed by atoms with E-state index in [-0.39, 0.29) is 0 Å². The highest BCUT2D eigenvalue weighted by atomic mass is 15.0. The molecule has 0 saturated carbocycles. The molecule has 0 aliphatic rings. The van der Waals surface area contributed by atoms with Gasteiger partial charge in [-0.05, 0) is 96.4 Å². The molecule has 0 unspecified atom stereocenters. The zero-order valence-corrected chi connectivity index (χ0v) is 33.5. The molecule has 11 aromatic rings. The van der Waals surface area contributed by atoms with Gasteiger partial charge in [0.2, 0.25) is 0 Å². The Morgan fingerprint density at radius 2 is 1.02 bits per heavy atom. The number of rotatable bonds is 8. The van der Waals surface area contributed by atoms with Crippen molar-refractivity contribution in [2.75, 3.05) is 0 Å². The molecule has 0 radical (unpaired) electrons. The van der Waals surface area contributed by atoms with Gasteiger partial charge in [-0.25, -0.2) is 4.99 Å². The fraction of sp³-hybridized carbons (Fsp3) is 0.0172. The normalized spacial score (nSPS) is 12.3. The van der Waals surface area contributed by atoms with Crippen molar-refractivity contribution in [2.45, 2.75) is 6.42 Å². The highest BCUT2D eigenvalue weighted by molar-refractivity contribution is 6.28. The number of hydrogen-bond acceptors (Lipinski definition) is 1. The van der Waals surface area contributed by atoms with Gasteiger partial charge in [0, 0.05) is 22.0 Å². The molecule has 1 aromatic heterocycles. The third-order valence-electron chi connectivity index (χ3n) is 12.0. The molecule has 0 amide bonds. The van der Waals surface area contributed by atoms with Crippen LogP contribution >= 0.6 is 0 Å². The van der Waals surface area contributed by atoms with Gasteiger partial charge in [0.15, 0.2) is 0 Å². The number of nitrogens with two attached hydrogens (primary N) is 1. The summed E-state index contributed by atoms with van der Waals surface area (Å²) >= 11 is 0. The highest BCUT2D eigenvalue weighted by Crippen LogP contribution is 2.46. The Bertz CT molecular complexity index is 3430. The van der Waals surface area contributed by atoms with Crippen molar-refractivity contribution in [3.05, 3.63) is 241 Å². The van der Waals surface area contributed by atoms with Crippen molar-refractivity contribution < 1.29 is 0 Å². The average Bonchev–Trinajstić information content (AvgIpc) is 3.67. The highest BCUT2D eigenvalue weighted by Gasteiger charge is 2.19. The molecule has 0 fully saturated rings. The second kappa shape index (κ2) is 15.3. The lowest BCUT2D eigenvalue weighted by Crippen LogP contribution is -2.13. The molecule has 1 heterocycles. The third kappa shape index (κ3) is 6.44. The lowest BCUT2D eigenvalue weighted by Gasteiger charge is -2.19. The number of fused-ring (bicyclic) bond motifs is 7. The van der Waals surface area contributed by atoms with Crippen molar-refractivity contribution in [3.63, 3.8) is 0 Å². The Balaban J connectivity index is 1.04. The van der Waals surface area contributed by atoms with Gasteiger partial charge < -0.3 is 10.3 Å². The van der Waals surface area contributed by atoms with Crippen LogP contribution < -0.4 is 5.73 Å². The molecule has 0 saturated heterocycles. The van der Waals surface area contributed by atoms with Crippen LogP contribution in [-0.2, 0) is 6.42 Å². The monoisotopic (exact) mass is 779 g/mol. The minimum absolute atomic E-state index is 0.481. The van der Waals surface area contributed by atoms with E-state index in [9.17, 15) is 0 Å². The van der Waals surface area contributed by atoms with Crippen LogP contribution in [0.4, 0.5) is 0 Å². The van der Waals surface area contributed by atoms with Crippen LogP contribution in [0.5, 0.6) is 0 Å². The first kappa shape index (κ1) is 36.1. The molecule has 0 atom stereocenters. The van der Waals surface area contributed by atoms with E-state index in [2.05, 4.69) is 199 Å². The summed E-state index contributed by atoms with van der Waals surface area (Å²) in [6.45, 7) is 0. The largest absolute Gasteiger partial charge is 0.383 e. The molecule has 0 spiro atoms. The van der Waals surface area contributed by atoms with E-state index >= 15 is 0 Å². The summed E-state index contributed by atoms with van der Waals surface area (Å²) in [6, 6.07) is 78.0. The third-order valence-corrected chi connectivity index (χ3v) is 12.0. The van der Waals surface area contributed by atoms with Gasteiger partial charge in [-0.1, -0.05) is 200 Å². The molecule has 288 valence electrons. The van der Waals surface area contributed by atoms with Crippen molar-refractivity contribution in [1.29, 1.82) is 0 Å². The summed E-state index contributed by atoms with van der Waals surface area (Å²) < 4.78 is 2.37. The van der Waals surface area contributed by atoms with E-state index in [0.717, 1.165) is 28.1 Å². The molecule has 11 rings (SSSR count). The van der Waals surface area contributed by atoms with Gasteiger partial charge in [0.05, 0.1) is 16.7 Å². The van der Waals surface area contributed by atoms with Gasteiger partial charge in [-0.15, -0.1) is 0 Å². The quantitative estimate of drug-likeness (QED) is 0.0710. The van der Waals surface area contributed by atoms with Crippen LogP contribution in [0.2, 0.25) is 0 Å². The van der Waals surface area contributed by atoms with Crippen molar-refractivity contribution in [2.24, 2.45) is 10.7 Å². The number of amidine groups is 1. The lowest BCUT2D eigenvalue weighted by molar-refractivity contribution is 1.15. The molecule has 2 N–H and O–H groups in total. The summed E-state index contributed by atoms with van der Waals surface area (Å²) in [4.78, 5) is 5.12. The molecule has 61 heavy (non-hydrogen) atoms. The van der Waals surface area contributed by atoms with Crippen LogP contribution in [0.1, 0.15) is 16.7 Å². The topological polar surface area (TPSA) is 43.3 Å². The average molecular weight is 780 g/mol. The van der Waals surface area contributed by atoms with E-state index in [1.165, 1.54) is 76.4 Å². The Kier molecular flexibility index (Phi) is 9.05. The van der Waals surface area contributed by atoms with Crippen LogP contribution in [0.3, 0.4) is 0 Å². The number of nitrogens with zero attached hydrogens (tertiary/aromatic N) is 2. The molecular formula is C58H41N3. The Labute approximate surface area is 355 Å². The second-order valence-corrected chi connectivity index (χ2v) is 15.6. The summed E-state index contributed by atoms with van der Waals surface area (Å²) in [7, 11) is 0. The maximum Gasteiger partial charge on any atom is 0.131 e. The van der Waals surface area contributed by atoms with Crippen LogP contribution in [0.25, 0.3) is 87.8 Å². The first-order valence-electron chi connectivity index (χ1n) is 20.9. The molecule has 0 aliphatic heterocycles. The number of para-hydroxylation sites is 2. The predicted molar refractivity (Wildman–Crippen MR) is 259 cm³/mol. The molecule has 10 aromatic carbocycles. The zero-order valence-electron chi connectivity index (χ0n) is 33.5. The summed E-state index contributed by atoms with van der Waals surface area (Å²) in [5.41, 5.74) is 19.0. The number of aliphatic imine (C=N–C) groups is 1. The van der Waals surface area contributed by atoms with E-state index in [4.69, 9.17) is 10.7 Å². The molecule has 3 nitrogen and oxygen atoms in total. The van der Waals surface area contributed by atoms with Crippen LogP contribution in [0, 0.1) is 0 Å². The summed E-state index contributed by atoms with van der Waals surface area (Å²) in [6.07, 6.45) is 2.89. The summed E-state index contributed by atoms with van der Waals surface area (Å²) in [5.74, 6) is 0.481.